The molecule has 1 aromatic carbocycles. The third kappa shape index (κ3) is 2.62. The van der Waals surface area contributed by atoms with Gasteiger partial charge in [-0.25, -0.2) is 0 Å². The van der Waals surface area contributed by atoms with Crippen molar-refractivity contribution in [2.75, 3.05) is 7.05 Å². The van der Waals surface area contributed by atoms with Crippen molar-refractivity contribution in [2.24, 2.45) is 0 Å². The molecule has 0 saturated carbocycles. The average Bonchev–Trinajstić information content (AvgIpc) is 2.38. The molecule has 2 heterocycles. The van der Waals surface area contributed by atoms with Gasteiger partial charge in [-0.1, -0.05) is 30.7 Å². The van der Waals surface area contributed by atoms with Crippen molar-refractivity contribution in [2.45, 2.75) is 57.7 Å². The molecule has 1 saturated heterocycles. The molecule has 2 aliphatic heterocycles. The zero-order valence-corrected chi connectivity index (χ0v) is 12.8. The topological polar surface area (TPSA) is 12.5 Å². The summed E-state index contributed by atoms with van der Waals surface area (Å²) in [5, 5.41) is 0. The molecule has 2 aliphatic rings. The summed E-state index contributed by atoms with van der Waals surface area (Å²) in [5.74, 6) is 1.04. The standard InChI is InChI=1S/C18H25NO/c1-13(2)20-18-10-5-4-9-17(18)14-11-15-7-6-8-16(12-14)19(15)3/h4-5,9-11,13,15-16H,6-8,12H2,1-3H3. The number of likely N-dealkylation sites (N-methyl/N-ethyl adjacent to an activating group) is 1. The van der Waals surface area contributed by atoms with Crippen LogP contribution >= 0.6 is 0 Å². The van der Waals surface area contributed by atoms with Crippen molar-refractivity contribution >= 4 is 5.57 Å². The van der Waals surface area contributed by atoms with Crippen LogP contribution in [0.5, 0.6) is 5.75 Å². The number of ether oxygens (including phenoxy) is 1. The van der Waals surface area contributed by atoms with Crippen molar-refractivity contribution in [1.29, 1.82) is 0 Å². The predicted octanol–water partition coefficient (Wildman–Crippen LogP) is 4.11. The Bertz CT molecular complexity index is 506. The van der Waals surface area contributed by atoms with Crippen LogP contribution in [0.15, 0.2) is 30.3 Å². The molecule has 1 fully saturated rings. The van der Waals surface area contributed by atoms with Crippen LogP contribution in [-0.4, -0.2) is 30.1 Å². The van der Waals surface area contributed by atoms with Crippen LogP contribution in [0, 0.1) is 0 Å². The van der Waals surface area contributed by atoms with Crippen LogP contribution < -0.4 is 4.74 Å². The Morgan fingerprint density at radius 3 is 2.75 bits per heavy atom. The van der Waals surface area contributed by atoms with Gasteiger partial charge >= 0.3 is 0 Å². The van der Waals surface area contributed by atoms with Crippen molar-refractivity contribution in [1.82, 2.24) is 4.90 Å². The second-order valence-corrected chi connectivity index (χ2v) is 6.38. The third-order valence-electron chi connectivity index (χ3n) is 4.58. The molecule has 0 aliphatic carbocycles. The summed E-state index contributed by atoms with van der Waals surface area (Å²) in [6, 6.07) is 9.83. The van der Waals surface area contributed by atoms with Crippen LogP contribution in [0.1, 0.15) is 45.1 Å². The fourth-order valence-electron chi connectivity index (χ4n) is 3.53. The van der Waals surface area contributed by atoms with Gasteiger partial charge in [-0.2, -0.15) is 0 Å². The van der Waals surface area contributed by atoms with E-state index in [-0.39, 0.29) is 6.10 Å². The Labute approximate surface area is 122 Å². The highest BCUT2D eigenvalue weighted by molar-refractivity contribution is 5.72. The Morgan fingerprint density at radius 1 is 1.20 bits per heavy atom. The van der Waals surface area contributed by atoms with E-state index in [1.165, 1.54) is 30.4 Å². The van der Waals surface area contributed by atoms with E-state index < -0.39 is 0 Å². The quantitative estimate of drug-likeness (QED) is 0.820. The number of para-hydroxylation sites is 1. The fourth-order valence-corrected chi connectivity index (χ4v) is 3.53. The van der Waals surface area contributed by atoms with Gasteiger partial charge in [-0.05, 0) is 51.8 Å². The molecule has 0 aromatic heterocycles. The van der Waals surface area contributed by atoms with Crippen LogP contribution in [0.2, 0.25) is 0 Å². The van der Waals surface area contributed by atoms with Gasteiger partial charge in [-0.3, -0.25) is 4.90 Å². The molecule has 2 bridgehead atoms. The van der Waals surface area contributed by atoms with E-state index in [9.17, 15) is 0 Å². The molecule has 2 unspecified atom stereocenters. The van der Waals surface area contributed by atoms with Gasteiger partial charge in [0.15, 0.2) is 0 Å². The molecule has 0 radical (unpaired) electrons. The van der Waals surface area contributed by atoms with E-state index in [0.717, 1.165) is 12.2 Å². The first-order valence-electron chi connectivity index (χ1n) is 7.84. The van der Waals surface area contributed by atoms with E-state index in [4.69, 9.17) is 4.74 Å². The van der Waals surface area contributed by atoms with Gasteiger partial charge in [-0.15, -0.1) is 0 Å². The van der Waals surface area contributed by atoms with Gasteiger partial charge in [0.25, 0.3) is 0 Å². The van der Waals surface area contributed by atoms with E-state index in [2.05, 4.69) is 56.1 Å². The molecule has 0 amide bonds. The maximum atomic E-state index is 5.99. The number of nitrogens with zero attached hydrogens (tertiary/aromatic N) is 1. The molecular weight excluding hydrogens is 246 g/mol. The molecule has 0 N–H and O–H groups in total. The lowest BCUT2D eigenvalue weighted by atomic mass is 9.83. The SMILES string of the molecule is CC(C)Oc1ccccc1C1=CC2CCCC(C1)N2C. The van der Waals surface area contributed by atoms with Gasteiger partial charge < -0.3 is 4.74 Å². The minimum atomic E-state index is 0.225. The summed E-state index contributed by atoms with van der Waals surface area (Å²) in [4.78, 5) is 2.55. The normalized spacial score (nSPS) is 26.5. The Balaban J connectivity index is 1.93. The van der Waals surface area contributed by atoms with Crippen molar-refractivity contribution in [3.63, 3.8) is 0 Å². The van der Waals surface area contributed by atoms with Crippen LogP contribution in [0.3, 0.4) is 0 Å². The number of hydrogen-bond acceptors (Lipinski definition) is 2. The summed E-state index contributed by atoms with van der Waals surface area (Å²) in [5.41, 5.74) is 2.78. The average molecular weight is 271 g/mol. The lowest BCUT2D eigenvalue weighted by Crippen LogP contribution is -2.45. The van der Waals surface area contributed by atoms with Gasteiger partial charge in [0, 0.05) is 17.6 Å². The minimum absolute atomic E-state index is 0.225. The number of fused-ring (bicyclic) bond motifs is 2. The monoisotopic (exact) mass is 271 g/mol. The number of rotatable bonds is 3. The predicted molar refractivity (Wildman–Crippen MR) is 84.0 cm³/mol. The molecule has 0 spiro atoms. The second kappa shape index (κ2) is 5.61. The van der Waals surface area contributed by atoms with Crippen LogP contribution in [0.4, 0.5) is 0 Å². The van der Waals surface area contributed by atoms with E-state index in [1.54, 1.807) is 0 Å². The smallest absolute Gasteiger partial charge is 0.127 e. The number of benzene rings is 1. The first kappa shape index (κ1) is 13.7. The number of piperidine rings is 1. The Kier molecular flexibility index (Phi) is 3.84. The summed E-state index contributed by atoms with van der Waals surface area (Å²) in [7, 11) is 2.28. The molecule has 108 valence electrons. The van der Waals surface area contributed by atoms with Gasteiger partial charge in [0.2, 0.25) is 0 Å². The first-order chi connectivity index (χ1) is 9.65. The van der Waals surface area contributed by atoms with Gasteiger partial charge in [0.1, 0.15) is 5.75 Å². The molecule has 2 heteroatoms. The number of hydrogen-bond donors (Lipinski definition) is 0. The third-order valence-corrected chi connectivity index (χ3v) is 4.58. The molecule has 3 rings (SSSR count). The highest BCUT2D eigenvalue weighted by Gasteiger charge is 2.32. The van der Waals surface area contributed by atoms with E-state index in [0.29, 0.717) is 12.1 Å². The highest BCUT2D eigenvalue weighted by Crippen LogP contribution is 2.38. The van der Waals surface area contributed by atoms with Crippen molar-refractivity contribution < 1.29 is 4.74 Å². The Morgan fingerprint density at radius 2 is 2.00 bits per heavy atom. The summed E-state index contributed by atoms with van der Waals surface area (Å²) >= 11 is 0. The molecule has 20 heavy (non-hydrogen) atoms. The zero-order chi connectivity index (χ0) is 14.1. The molecule has 2 atom stereocenters. The fraction of sp³-hybridized carbons (Fsp3) is 0.556. The maximum absolute atomic E-state index is 5.99. The minimum Gasteiger partial charge on any atom is -0.490 e. The largest absolute Gasteiger partial charge is 0.490 e. The van der Waals surface area contributed by atoms with E-state index in [1.807, 2.05) is 0 Å². The van der Waals surface area contributed by atoms with Crippen LogP contribution in [0.25, 0.3) is 5.57 Å². The lowest BCUT2D eigenvalue weighted by molar-refractivity contribution is 0.137. The first-order valence-corrected chi connectivity index (χ1v) is 7.84. The molecular formula is C18H25NO. The maximum Gasteiger partial charge on any atom is 0.127 e. The summed E-state index contributed by atoms with van der Waals surface area (Å²) < 4.78 is 5.99. The van der Waals surface area contributed by atoms with Crippen molar-refractivity contribution in [3.8, 4) is 5.75 Å². The van der Waals surface area contributed by atoms with Crippen LogP contribution in [-0.2, 0) is 0 Å². The summed E-state index contributed by atoms with van der Waals surface area (Å²) in [6.07, 6.45) is 7.85. The Hall–Kier alpha value is -1.28. The zero-order valence-electron chi connectivity index (χ0n) is 12.8. The molecule has 2 nitrogen and oxygen atoms in total. The highest BCUT2D eigenvalue weighted by atomic mass is 16.5. The second-order valence-electron chi connectivity index (χ2n) is 6.38. The lowest BCUT2D eigenvalue weighted by Gasteiger charge is -2.43. The van der Waals surface area contributed by atoms with Crippen molar-refractivity contribution in [3.05, 3.63) is 35.9 Å². The molecule has 1 aromatic rings. The summed E-state index contributed by atoms with van der Waals surface area (Å²) in [6.45, 7) is 4.18. The van der Waals surface area contributed by atoms with Gasteiger partial charge in [0.05, 0.1) is 6.10 Å². The van der Waals surface area contributed by atoms with E-state index >= 15 is 0 Å².